The molecule has 0 saturated carbocycles. The second-order valence-corrected chi connectivity index (χ2v) is 8.54. The van der Waals surface area contributed by atoms with Crippen LogP contribution >= 0.6 is 11.3 Å². The van der Waals surface area contributed by atoms with Crippen LogP contribution in [0.5, 0.6) is 0 Å². The summed E-state index contributed by atoms with van der Waals surface area (Å²) in [6.07, 6.45) is 0.924. The van der Waals surface area contributed by atoms with E-state index in [1.807, 2.05) is 0 Å². The molecule has 2 saturated heterocycles. The summed E-state index contributed by atoms with van der Waals surface area (Å²) >= 11 is 1.54. The van der Waals surface area contributed by atoms with Gasteiger partial charge in [-0.05, 0) is 18.3 Å². The van der Waals surface area contributed by atoms with Gasteiger partial charge in [-0.25, -0.2) is 0 Å². The third-order valence-corrected chi connectivity index (χ3v) is 6.83. The van der Waals surface area contributed by atoms with Crippen molar-refractivity contribution in [2.24, 2.45) is 11.8 Å². The van der Waals surface area contributed by atoms with Crippen molar-refractivity contribution in [1.82, 2.24) is 18.8 Å². The molecule has 2 fully saturated rings. The van der Waals surface area contributed by atoms with Gasteiger partial charge in [0.25, 0.3) is 10.2 Å². The van der Waals surface area contributed by atoms with Gasteiger partial charge in [0.2, 0.25) is 5.13 Å². The lowest BCUT2D eigenvalue weighted by Gasteiger charge is -2.34. The van der Waals surface area contributed by atoms with Crippen molar-refractivity contribution >= 4 is 26.7 Å². The molecule has 9 heteroatoms. The summed E-state index contributed by atoms with van der Waals surface area (Å²) in [5, 5.41) is 8.93. The first kappa shape index (κ1) is 14.2. The molecule has 2 aliphatic rings. The smallest absolute Gasteiger partial charge is 0.281 e. The van der Waals surface area contributed by atoms with E-state index in [1.165, 1.54) is 4.31 Å². The van der Waals surface area contributed by atoms with E-state index in [0.29, 0.717) is 24.9 Å². The fourth-order valence-corrected chi connectivity index (χ4v) is 4.80. The Morgan fingerprint density at radius 2 is 2.05 bits per heavy atom. The van der Waals surface area contributed by atoms with Crippen LogP contribution in [0, 0.1) is 11.8 Å². The minimum absolute atomic E-state index is 0.391. The van der Waals surface area contributed by atoms with E-state index in [4.69, 9.17) is 0 Å². The van der Waals surface area contributed by atoms with Crippen molar-refractivity contribution in [3.05, 3.63) is 5.51 Å². The molecule has 2 atom stereocenters. The molecule has 7 nitrogen and oxygen atoms in total. The zero-order chi connectivity index (χ0) is 14.3. The maximum Gasteiger partial charge on any atom is 0.281 e. The number of fused-ring (bicyclic) bond motifs is 1. The Morgan fingerprint density at radius 3 is 2.70 bits per heavy atom. The summed E-state index contributed by atoms with van der Waals surface area (Å²) < 4.78 is 27.3. The lowest BCUT2D eigenvalue weighted by molar-refractivity contribution is 0.220. The van der Waals surface area contributed by atoms with Crippen molar-refractivity contribution in [2.75, 3.05) is 45.2 Å². The van der Waals surface area contributed by atoms with Crippen LogP contribution in [0.3, 0.4) is 0 Å². The SMILES string of the molecule is CN(C)S(=O)(=O)N1CC[C@@H]2CN(c3nncs3)C[C@@H]2C1. The fourth-order valence-electron chi connectivity index (χ4n) is 3.04. The summed E-state index contributed by atoms with van der Waals surface area (Å²) in [5.74, 6) is 0.954. The zero-order valence-electron chi connectivity index (χ0n) is 11.6. The average molecular weight is 317 g/mol. The van der Waals surface area contributed by atoms with Crippen LogP contribution in [0.2, 0.25) is 0 Å². The minimum Gasteiger partial charge on any atom is -0.346 e. The molecule has 0 N–H and O–H groups in total. The Labute approximate surface area is 123 Å². The van der Waals surface area contributed by atoms with Crippen molar-refractivity contribution < 1.29 is 8.42 Å². The summed E-state index contributed by atoms with van der Waals surface area (Å²) in [7, 11) is -0.113. The lowest BCUT2D eigenvalue weighted by atomic mass is 9.90. The Balaban J connectivity index is 1.70. The van der Waals surface area contributed by atoms with Crippen LogP contribution in [0.25, 0.3) is 0 Å². The minimum atomic E-state index is -3.29. The van der Waals surface area contributed by atoms with Gasteiger partial charge in [-0.3, -0.25) is 0 Å². The predicted octanol–water partition coefficient (Wildman–Crippen LogP) is 0.103. The van der Waals surface area contributed by atoms with Gasteiger partial charge in [0, 0.05) is 40.3 Å². The molecule has 0 unspecified atom stereocenters. The van der Waals surface area contributed by atoms with Gasteiger partial charge >= 0.3 is 0 Å². The quantitative estimate of drug-likeness (QED) is 0.791. The number of aromatic nitrogens is 2. The summed E-state index contributed by atoms with van der Waals surface area (Å²) in [4.78, 5) is 2.23. The molecule has 112 valence electrons. The highest BCUT2D eigenvalue weighted by molar-refractivity contribution is 7.86. The van der Waals surface area contributed by atoms with E-state index in [1.54, 1.807) is 35.2 Å². The summed E-state index contributed by atoms with van der Waals surface area (Å²) in [6.45, 7) is 3.07. The van der Waals surface area contributed by atoms with Crippen molar-refractivity contribution in [3.8, 4) is 0 Å². The molecule has 0 bridgehead atoms. The average Bonchev–Trinajstić information content (AvgIpc) is 3.06. The van der Waals surface area contributed by atoms with Gasteiger partial charge in [-0.1, -0.05) is 11.3 Å². The third-order valence-electron chi connectivity index (χ3n) is 4.17. The van der Waals surface area contributed by atoms with Crippen molar-refractivity contribution in [2.45, 2.75) is 6.42 Å². The zero-order valence-corrected chi connectivity index (χ0v) is 13.3. The molecule has 1 aromatic rings. The number of piperidine rings is 1. The van der Waals surface area contributed by atoms with E-state index < -0.39 is 10.2 Å². The predicted molar refractivity (Wildman–Crippen MR) is 77.9 cm³/mol. The van der Waals surface area contributed by atoms with Crippen LogP contribution in [-0.2, 0) is 10.2 Å². The third kappa shape index (κ3) is 2.43. The highest BCUT2D eigenvalue weighted by atomic mass is 32.2. The second-order valence-electron chi connectivity index (χ2n) is 5.58. The molecule has 0 spiro atoms. The van der Waals surface area contributed by atoms with E-state index in [-0.39, 0.29) is 0 Å². The Morgan fingerprint density at radius 1 is 1.30 bits per heavy atom. The molecule has 2 aliphatic heterocycles. The van der Waals surface area contributed by atoms with E-state index in [9.17, 15) is 8.42 Å². The molecular formula is C11H19N5O2S2. The molecule has 0 aliphatic carbocycles. The molecule has 3 rings (SSSR count). The second kappa shape index (κ2) is 5.21. The Kier molecular flexibility index (Phi) is 3.69. The standard InChI is InChI=1S/C11H19N5O2S2/c1-14(2)20(17,18)16-4-3-9-5-15(6-10(9)7-16)11-13-12-8-19-11/h8-10H,3-7H2,1-2H3/t9-,10-/m1/s1. The first-order valence-corrected chi connectivity index (χ1v) is 8.95. The van der Waals surface area contributed by atoms with E-state index >= 15 is 0 Å². The Hall–Kier alpha value is -0.770. The molecule has 1 aromatic heterocycles. The van der Waals surface area contributed by atoms with Gasteiger partial charge in [-0.2, -0.15) is 17.0 Å². The number of nitrogens with zero attached hydrogens (tertiary/aromatic N) is 5. The van der Waals surface area contributed by atoms with Crippen LogP contribution in [0.1, 0.15) is 6.42 Å². The van der Waals surface area contributed by atoms with Gasteiger partial charge in [0.15, 0.2) is 0 Å². The molecule has 0 radical (unpaired) electrons. The van der Waals surface area contributed by atoms with Crippen LogP contribution in [0.15, 0.2) is 5.51 Å². The number of hydrogen-bond donors (Lipinski definition) is 0. The molecule has 0 aromatic carbocycles. The molecular weight excluding hydrogens is 298 g/mol. The highest BCUT2D eigenvalue weighted by Gasteiger charge is 2.41. The van der Waals surface area contributed by atoms with Crippen molar-refractivity contribution in [1.29, 1.82) is 0 Å². The van der Waals surface area contributed by atoms with E-state index in [2.05, 4.69) is 15.1 Å². The van der Waals surface area contributed by atoms with Crippen molar-refractivity contribution in [3.63, 3.8) is 0 Å². The number of rotatable bonds is 3. The number of anilines is 1. The molecule has 3 heterocycles. The first-order valence-electron chi connectivity index (χ1n) is 6.67. The van der Waals surface area contributed by atoms with Crippen LogP contribution in [-0.4, -0.2) is 67.5 Å². The van der Waals surface area contributed by atoms with E-state index in [0.717, 1.165) is 24.6 Å². The van der Waals surface area contributed by atoms with Gasteiger partial charge in [0.05, 0.1) is 0 Å². The lowest BCUT2D eigenvalue weighted by Crippen LogP contribution is -2.47. The highest BCUT2D eigenvalue weighted by Crippen LogP contribution is 2.35. The van der Waals surface area contributed by atoms with Crippen LogP contribution in [0.4, 0.5) is 5.13 Å². The Bertz CT molecular complexity index is 559. The summed E-state index contributed by atoms with van der Waals surface area (Å²) in [6, 6.07) is 0. The van der Waals surface area contributed by atoms with Gasteiger partial charge in [0.1, 0.15) is 5.51 Å². The molecule has 20 heavy (non-hydrogen) atoms. The first-order chi connectivity index (χ1) is 9.48. The largest absolute Gasteiger partial charge is 0.346 e. The molecule has 0 amide bonds. The fraction of sp³-hybridized carbons (Fsp3) is 0.818. The van der Waals surface area contributed by atoms with Gasteiger partial charge in [-0.15, -0.1) is 10.2 Å². The van der Waals surface area contributed by atoms with Gasteiger partial charge < -0.3 is 4.90 Å². The number of hydrogen-bond acceptors (Lipinski definition) is 6. The monoisotopic (exact) mass is 317 g/mol. The maximum absolute atomic E-state index is 12.2. The normalized spacial score (nSPS) is 28.1. The summed E-state index contributed by atoms with van der Waals surface area (Å²) in [5.41, 5.74) is 1.74. The topological polar surface area (TPSA) is 69.6 Å². The van der Waals surface area contributed by atoms with Crippen LogP contribution < -0.4 is 4.90 Å². The maximum atomic E-state index is 12.2.